The van der Waals surface area contributed by atoms with E-state index in [1.165, 1.54) is 0 Å². The largest absolute Gasteiger partial charge is 0.497 e. The maximum Gasteiger partial charge on any atom is 0.277 e. The van der Waals surface area contributed by atoms with Crippen LogP contribution >= 0.6 is 0 Å². The molecule has 6 heteroatoms. The molecule has 0 saturated carbocycles. The third-order valence-corrected chi connectivity index (χ3v) is 4.38. The monoisotopic (exact) mass is 379 g/mol. The molecule has 0 aliphatic heterocycles. The number of fused-ring (bicyclic) bond motifs is 1. The molecule has 6 nitrogen and oxygen atoms in total. The van der Waals surface area contributed by atoms with E-state index in [2.05, 4.69) is 36.3 Å². The van der Waals surface area contributed by atoms with Crippen molar-refractivity contribution in [3.63, 3.8) is 0 Å². The number of rotatable bonds is 6. The van der Waals surface area contributed by atoms with E-state index in [0.717, 1.165) is 27.8 Å². The Balaban J connectivity index is 1.62. The second kappa shape index (κ2) is 8.17. The SMILES string of the molecule is COc1ccc(OCC(=O)NN=Cc2cccc3[nH]ccc23)c(C(C)(C)C)c1. The van der Waals surface area contributed by atoms with E-state index in [0.29, 0.717) is 5.75 Å². The maximum atomic E-state index is 12.1. The number of H-pyrrole nitrogens is 1. The number of hydrazone groups is 1. The quantitative estimate of drug-likeness (QED) is 0.502. The number of ether oxygens (including phenoxy) is 2. The van der Waals surface area contributed by atoms with Crippen LogP contribution in [0.1, 0.15) is 31.9 Å². The molecule has 2 aromatic carbocycles. The zero-order valence-electron chi connectivity index (χ0n) is 16.6. The van der Waals surface area contributed by atoms with Gasteiger partial charge < -0.3 is 14.5 Å². The van der Waals surface area contributed by atoms with Crippen LogP contribution in [0.3, 0.4) is 0 Å². The van der Waals surface area contributed by atoms with Crippen molar-refractivity contribution >= 4 is 23.0 Å². The molecule has 2 N–H and O–H groups in total. The van der Waals surface area contributed by atoms with E-state index >= 15 is 0 Å². The molecular formula is C22H25N3O3. The highest BCUT2D eigenvalue weighted by Crippen LogP contribution is 2.34. The van der Waals surface area contributed by atoms with Crippen molar-refractivity contribution in [1.29, 1.82) is 0 Å². The standard InChI is InChI=1S/C22H25N3O3/c1-22(2,3)18-12-16(27-4)8-9-20(18)28-14-21(26)25-24-13-15-6-5-7-19-17(15)10-11-23-19/h5-13,23H,14H2,1-4H3,(H,25,26). The molecule has 1 heterocycles. The lowest BCUT2D eigenvalue weighted by Gasteiger charge is -2.23. The van der Waals surface area contributed by atoms with Gasteiger partial charge in [-0.3, -0.25) is 4.79 Å². The fourth-order valence-electron chi connectivity index (χ4n) is 2.92. The Morgan fingerprint density at radius 3 is 2.79 bits per heavy atom. The molecule has 0 atom stereocenters. The normalized spacial score (nSPS) is 11.7. The number of hydrogen-bond donors (Lipinski definition) is 2. The number of methoxy groups -OCH3 is 1. The van der Waals surface area contributed by atoms with Gasteiger partial charge in [-0.25, -0.2) is 5.43 Å². The lowest BCUT2D eigenvalue weighted by atomic mass is 9.86. The first-order chi connectivity index (χ1) is 13.4. The predicted octanol–water partition coefficient (Wildman–Crippen LogP) is 4.00. The van der Waals surface area contributed by atoms with Gasteiger partial charge in [0.05, 0.1) is 13.3 Å². The molecule has 3 rings (SSSR count). The Morgan fingerprint density at radius 2 is 2.04 bits per heavy atom. The molecule has 0 saturated heterocycles. The number of carbonyl (C=O) groups is 1. The molecule has 0 radical (unpaired) electrons. The van der Waals surface area contributed by atoms with Gasteiger partial charge in [0.15, 0.2) is 6.61 Å². The van der Waals surface area contributed by atoms with Crippen LogP contribution < -0.4 is 14.9 Å². The van der Waals surface area contributed by atoms with Gasteiger partial charge in [-0.1, -0.05) is 32.9 Å². The Labute approximate surface area is 164 Å². The maximum absolute atomic E-state index is 12.1. The number of aromatic amines is 1. The zero-order valence-corrected chi connectivity index (χ0v) is 16.6. The third kappa shape index (κ3) is 4.52. The summed E-state index contributed by atoms with van der Waals surface area (Å²) in [4.78, 5) is 15.3. The summed E-state index contributed by atoms with van der Waals surface area (Å²) < 4.78 is 11.0. The molecule has 0 aliphatic carbocycles. The molecule has 28 heavy (non-hydrogen) atoms. The van der Waals surface area contributed by atoms with Crippen LogP contribution in [0.4, 0.5) is 0 Å². The fourth-order valence-corrected chi connectivity index (χ4v) is 2.92. The van der Waals surface area contributed by atoms with Crippen LogP contribution in [-0.2, 0) is 10.2 Å². The first-order valence-corrected chi connectivity index (χ1v) is 9.08. The first-order valence-electron chi connectivity index (χ1n) is 9.08. The summed E-state index contributed by atoms with van der Waals surface area (Å²) >= 11 is 0. The van der Waals surface area contributed by atoms with Crippen LogP contribution in [0.2, 0.25) is 0 Å². The minimum atomic E-state index is -0.326. The minimum absolute atomic E-state index is 0.124. The molecular weight excluding hydrogens is 354 g/mol. The molecule has 0 aliphatic rings. The number of benzene rings is 2. The highest BCUT2D eigenvalue weighted by Gasteiger charge is 2.20. The number of carbonyl (C=O) groups excluding carboxylic acids is 1. The summed E-state index contributed by atoms with van der Waals surface area (Å²) in [6.45, 7) is 6.13. The molecule has 1 amide bonds. The Hall–Kier alpha value is -3.28. The lowest BCUT2D eigenvalue weighted by molar-refractivity contribution is -0.123. The molecule has 146 valence electrons. The van der Waals surface area contributed by atoms with E-state index in [4.69, 9.17) is 9.47 Å². The number of nitrogens with one attached hydrogen (secondary N) is 2. The van der Waals surface area contributed by atoms with E-state index in [1.807, 2.05) is 48.7 Å². The number of hydrogen-bond acceptors (Lipinski definition) is 4. The average molecular weight is 379 g/mol. The van der Waals surface area contributed by atoms with E-state index in [1.54, 1.807) is 13.3 Å². The summed E-state index contributed by atoms with van der Waals surface area (Å²) in [7, 11) is 1.63. The fraction of sp³-hybridized carbons (Fsp3) is 0.273. The predicted molar refractivity (Wildman–Crippen MR) is 111 cm³/mol. The highest BCUT2D eigenvalue weighted by molar-refractivity contribution is 5.98. The van der Waals surface area contributed by atoms with Gasteiger partial charge >= 0.3 is 0 Å². The van der Waals surface area contributed by atoms with Crippen molar-refractivity contribution in [3.05, 3.63) is 59.8 Å². The summed E-state index contributed by atoms with van der Waals surface area (Å²) in [5.41, 5.74) is 5.28. The third-order valence-electron chi connectivity index (χ3n) is 4.38. The van der Waals surface area contributed by atoms with Crippen LogP contribution in [-0.4, -0.2) is 30.8 Å². The van der Waals surface area contributed by atoms with E-state index in [-0.39, 0.29) is 17.9 Å². The van der Waals surface area contributed by atoms with Crippen molar-refractivity contribution in [3.8, 4) is 11.5 Å². The molecule has 0 spiro atoms. The molecule has 3 aromatic rings. The number of nitrogens with zero attached hydrogens (tertiary/aromatic N) is 1. The lowest BCUT2D eigenvalue weighted by Crippen LogP contribution is -2.25. The van der Waals surface area contributed by atoms with Gasteiger partial charge in [0, 0.05) is 28.2 Å². The zero-order chi connectivity index (χ0) is 20.1. The van der Waals surface area contributed by atoms with Gasteiger partial charge in [-0.2, -0.15) is 5.10 Å². The second-order valence-corrected chi connectivity index (χ2v) is 7.48. The van der Waals surface area contributed by atoms with Crippen LogP contribution in [0.25, 0.3) is 10.9 Å². The van der Waals surface area contributed by atoms with Crippen LogP contribution in [0.15, 0.2) is 53.8 Å². The molecule has 0 unspecified atom stereocenters. The molecule has 0 fully saturated rings. The second-order valence-electron chi connectivity index (χ2n) is 7.48. The highest BCUT2D eigenvalue weighted by atomic mass is 16.5. The van der Waals surface area contributed by atoms with Crippen molar-refractivity contribution in [2.75, 3.05) is 13.7 Å². The number of amides is 1. The van der Waals surface area contributed by atoms with Crippen molar-refractivity contribution in [2.24, 2.45) is 5.10 Å². The van der Waals surface area contributed by atoms with Gasteiger partial charge in [0.25, 0.3) is 5.91 Å². The minimum Gasteiger partial charge on any atom is -0.497 e. The smallest absolute Gasteiger partial charge is 0.277 e. The first kappa shape index (κ1) is 19.5. The Kier molecular flexibility index (Phi) is 5.68. The van der Waals surface area contributed by atoms with Crippen LogP contribution in [0.5, 0.6) is 11.5 Å². The summed E-state index contributed by atoms with van der Waals surface area (Å²) in [6.07, 6.45) is 3.50. The van der Waals surface area contributed by atoms with Crippen molar-refractivity contribution < 1.29 is 14.3 Å². The van der Waals surface area contributed by atoms with Gasteiger partial charge in [-0.15, -0.1) is 0 Å². The van der Waals surface area contributed by atoms with Crippen molar-refractivity contribution in [1.82, 2.24) is 10.4 Å². The summed E-state index contributed by atoms with van der Waals surface area (Å²) in [6, 6.07) is 13.4. The van der Waals surface area contributed by atoms with Crippen LogP contribution in [0, 0.1) is 0 Å². The van der Waals surface area contributed by atoms with Gasteiger partial charge in [0.1, 0.15) is 11.5 Å². The van der Waals surface area contributed by atoms with Gasteiger partial charge in [0.2, 0.25) is 0 Å². The summed E-state index contributed by atoms with van der Waals surface area (Å²) in [5.74, 6) is 1.09. The Bertz CT molecular complexity index is 1000. The van der Waals surface area contributed by atoms with Gasteiger partial charge in [-0.05, 0) is 35.7 Å². The Morgan fingerprint density at radius 1 is 1.21 bits per heavy atom. The average Bonchev–Trinajstić information content (AvgIpc) is 3.15. The molecule has 1 aromatic heterocycles. The topological polar surface area (TPSA) is 75.7 Å². The van der Waals surface area contributed by atoms with E-state index in [9.17, 15) is 4.79 Å². The molecule has 0 bridgehead atoms. The van der Waals surface area contributed by atoms with E-state index < -0.39 is 0 Å². The van der Waals surface area contributed by atoms with Crippen molar-refractivity contribution in [2.45, 2.75) is 26.2 Å². The summed E-state index contributed by atoms with van der Waals surface area (Å²) in [5, 5.41) is 5.09. The number of aromatic nitrogens is 1.